The molecule has 12 heteroatoms. The monoisotopic (exact) mass is 477 g/mol. The number of carbonyl (C=O) groups is 1. The molecule has 164 valence electrons. The first kappa shape index (κ1) is 21.7. The zero-order valence-corrected chi connectivity index (χ0v) is 17.9. The molecule has 2 aromatic heterocycles. The largest absolute Gasteiger partial charge is 0.366 e. The van der Waals surface area contributed by atoms with E-state index in [9.17, 15) is 22.0 Å². The highest BCUT2D eigenvalue weighted by atomic mass is 35.5. The summed E-state index contributed by atoms with van der Waals surface area (Å²) < 4.78 is 54.5. The molecule has 0 bridgehead atoms. The van der Waals surface area contributed by atoms with Crippen LogP contribution in [0.25, 0.3) is 11.0 Å². The minimum atomic E-state index is -4.02. The molecule has 2 aromatic carbocycles. The first-order valence-electron chi connectivity index (χ1n) is 9.00. The highest BCUT2D eigenvalue weighted by Gasteiger charge is 2.23. The zero-order chi connectivity index (χ0) is 23.2. The molecule has 0 aliphatic rings. The van der Waals surface area contributed by atoms with Crippen molar-refractivity contribution in [3.05, 3.63) is 76.7 Å². The summed E-state index contributed by atoms with van der Waals surface area (Å²) in [5, 5.41) is 2.55. The number of halogens is 3. The molecule has 32 heavy (non-hydrogen) atoms. The first-order chi connectivity index (χ1) is 15.1. The lowest BCUT2D eigenvalue weighted by molar-refractivity contribution is 0.100. The fourth-order valence-electron chi connectivity index (χ4n) is 3.06. The SMILES string of the molecule is Cc1ccc(S(=O)(=O)n2ccc3c(Nc4cc(F)c(F)cc4C(N)=O)nc(Cl)nc32)cc1. The van der Waals surface area contributed by atoms with E-state index in [2.05, 4.69) is 15.3 Å². The van der Waals surface area contributed by atoms with Gasteiger partial charge in [-0.25, -0.2) is 21.2 Å². The predicted molar refractivity (Wildman–Crippen MR) is 114 cm³/mol. The Morgan fingerprint density at radius 2 is 1.75 bits per heavy atom. The Morgan fingerprint density at radius 3 is 2.41 bits per heavy atom. The van der Waals surface area contributed by atoms with Crippen LogP contribution in [0.1, 0.15) is 15.9 Å². The Kier molecular flexibility index (Phi) is 5.31. The molecule has 0 aliphatic carbocycles. The van der Waals surface area contributed by atoms with Crippen molar-refractivity contribution in [2.45, 2.75) is 11.8 Å². The van der Waals surface area contributed by atoms with Gasteiger partial charge in [0.2, 0.25) is 5.28 Å². The van der Waals surface area contributed by atoms with Crippen LogP contribution < -0.4 is 11.1 Å². The predicted octanol–water partition coefficient (Wildman–Crippen LogP) is 3.75. The van der Waals surface area contributed by atoms with E-state index in [-0.39, 0.29) is 38.3 Å². The molecule has 1 amide bonds. The number of amides is 1. The van der Waals surface area contributed by atoms with Crippen molar-refractivity contribution in [1.29, 1.82) is 0 Å². The van der Waals surface area contributed by atoms with E-state index in [0.29, 0.717) is 6.07 Å². The summed E-state index contributed by atoms with van der Waals surface area (Å²) in [5.74, 6) is -3.53. The number of aromatic nitrogens is 3. The molecule has 2 heterocycles. The fraction of sp³-hybridized carbons (Fsp3) is 0.0500. The number of benzene rings is 2. The Bertz CT molecular complexity index is 1490. The molecule has 0 atom stereocenters. The molecule has 0 saturated carbocycles. The maximum absolute atomic E-state index is 13.8. The summed E-state index contributed by atoms with van der Waals surface area (Å²) in [5.41, 5.74) is 5.57. The lowest BCUT2D eigenvalue weighted by Gasteiger charge is -2.12. The van der Waals surface area contributed by atoms with Crippen molar-refractivity contribution < 1.29 is 22.0 Å². The Hall–Kier alpha value is -3.57. The van der Waals surface area contributed by atoms with Gasteiger partial charge in [-0.3, -0.25) is 4.79 Å². The summed E-state index contributed by atoms with van der Waals surface area (Å²) in [6.45, 7) is 1.82. The van der Waals surface area contributed by atoms with E-state index < -0.39 is 27.6 Å². The number of anilines is 2. The average Bonchev–Trinajstić information content (AvgIpc) is 3.15. The molecule has 0 fully saturated rings. The van der Waals surface area contributed by atoms with E-state index >= 15 is 0 Å². The van der Waals surface area contributed by atoms with Crippen molar-refractivity contribution in [2.24, 2.45) is 5.73 Å². The minimum absolute atomic E-state index is 0.0291. The van der Waals surface area contributed by atoms with Gasteiger partial charge in [0.1, 0.15) is 5.82 Å². The number of nitrogens with zero attached hydrogens (tertiary/aromatic N) is 3. The van der Waals surface area contributed by atoms with Gasteiger partial charge < -0.3 is 11.1 Å². The van der Waals surface area contributed by atoms with Crippen LogP contribution in [0.15, 0.2) is 53.6 Å². The Morgan fingerprint density at radius 1 is 1.09 bits per heavy atom. The summed E-state index contributed by atoms with van der Waals surface area (Å²) in [6.07, 6.45) is 1.26. The number of fused-ring (bicyclic) bond motifs is 1. The van der Waals surface area contributed by atoms with Crippen molar-refractivity contribution in [3.63, 3.8) is 0 Å². The first-order valence-corrected chi connectivity index (χ1v) is 10.8. The third-order valence-electron chi connectivity index (χ3n) is 4.64. The number of rotatable bonds is 5. The van der Waals surface area contributed by atoms with Gasteiger partial charge in [-0.15, -0.1) is 0 Å². The third-order valence-corrected chi connectivity index (χ3v) is 6.49. The van der Waals surface area contributed by atoms with Crippen LogP contribution in [-0.4, -0.2) is 28.3 Å². The second kappa shape index (κ2) is 7.84. The van der Waals surface area contributed by atoms with Gasteiger partial charge in [-0.1, -0.05) is 17.7 Å². The van der Waals surface area contributed by atoms with E-state index in [1.807, 2.05) is 6.92 Å². The topological polar surface area (TPSA) is 120 Å². The molecule has 0 saturated heterocycles. The molecule has 0 radical (unpaired) electrons. The zero-order valence-electron chi connectivity index (χ0n) is 16.3. The van der Waals surface area contributed by atoms with Gasteiger partial charge in [0.25, 0.3) is 15.9 Å². The van der Waals surface area contributed by atoms with Crippen LogP contribution in [-0.2, 0) is 10.0 Å². The molecule has 3 N–H and O–H groups in total. The van der Waals surface area contributed by atoms with Crippen LogP contribution in [0.2, 0.25) is 5.28 Å². The highest BCUT2D eigenvalue weighted by Crippen LogP contribution is 2.30. The molecule has 0 unspecified atom stereocenters. The smallest absolute Gasteiger partial charge is 0.269 e. The molecule has 0 spiro atoms. The van der Waals surface area contributed by atoms with E-state index in [0.717, 1.165) is 15.6 Å². The number of hydrogen-bond acceptors (Lipinski definition) is 6. The molecular formula is C20H14ClF2N5O3S. The minimum Gasteiger partial charge on any atom is -0.366 e. The normalized spacial score (nSPS) is 11.6. The molecule has 8 nitrogen and oxygen atoms in total. The summed E-state index contributed by atoms with van der Waals surface area (Å²) in [6, 6.07) is 9.01. The summed E-state index contributed by atoms with van der Waals surface area (Å²) in [7, 11) is -4.02. The van der Waals surface area contributed by atoms with Gasteiger partial charge in [0.05, 0.1) is 21.5 Å². The molecule has 4 aromatic rings. The van der Waals surface area contributed by atoms with Crippen LogP contribution in [0.5, 0.6) is 0 Å². The van der Waals surface area contributed by atoms with Gasteiger partial charge >= 0.3 is 0 Å². The summed E-state index contributed by atoms with van der Waals surface area (Å²) >= 11 is 6.00. The molecular weight excluding hydrogens is 464 g/mol. The Labute approximate surface area is 185 Å². The Balaban J connectivity index is 1.86. The lowest BCUT2D eigenvalue weighted by atomic mass is 10.1. The maximum atomic E-state index is 13.8. The van der Waals surface area contributed by atoms with Gasteiger partial charge in [-0.2, -0.15) is 9.97 Å². The van der Waals surface area contributed by atoms with Crippen LogP contribution in [0.3, 0.4) is 0 Å². The molecule has 0 aliphatic heterocycles. The fourth-order valence-corrected chi connectivity index (χ4v) is 4.52. The second-order valence-corrected chi connectivity index (χ2v) is 8.96. The standard InChI is InChI=1S/C20H14ClF2N5O3S/c1-10-2-4-11(5-3-10)32(30,31)28-7-6-12-18(26-20(21)27-19(12)28)25-16-9-15(23)14(22)8-13(16)17(24)29/h2-9H,1H3,(H2,24,29)(H,25,26,27). The number of aryl methyl sites for hydroxylation is 1. The second-order valence-electron chi connectivity index (χ2n) is 6.81. The van der Waals surface area contributed by atoms with Gasteiger partial charge in [0.15, 0.2) is 17.3 Å². The van der Waals surface area contributed by atoms with Gasteiger partial charge in [0, 0.05) is 12.3 Å². The van der Waals surface area contributed by atoms with E-state index in [4.69, 9.17) is 17.3 Å². The van der Waals surface area contributed by atoms with Crippen LogP contribution in [0.4, 0.5) is 20.3 Å². The maximum Gasteiger partial charge on any atom is 0.269 e. The number of hydrogen-bond donors (Lipinski definition) is 2. The number of nitrogens with two attached hydrogens (primary N) is 1. The highest BCUT2D eigenvalue weighted by molar-refractivity contribution is 7.90. The van der Waals surface area contributed by atoms with Crippen molar-refractivity contribution in [3.8, 4) is 0 Å². The third kappa shape index (κ3) is 3.76. The van der Waals surface area contributed by atoms with Crippen molar-refractivity contribution in [1.82, 2.24) is 13.9 Å². The van der Waals surface area contributed by atoms with Crippen LogP contribution in [0, 0.1) is 18.6 Å². The molecule has 4 rings (SSSR count). The van der Waals surface area contributed by atoms with Crippen molar-refractivity contribution >= 4 is 50.1 Å². The number of primary amides is 1. The summed E-state index contributed by atoms with van der Waals surface area (Å²) in [4.78, 5) is 19.7. The van der Waals surface area contributed by atoms with E-state index in [1.165, 1.54) is 24.4 Å². The van der Waals surface area contributed by atoms with Crippen LogP contribution >= 0.6 is 11.6 Å². The number of nitrogens with one attached hydrogen (secondary N) is 1. The van der Waals surface area contributed by atoms with Crippen molar-refractivity contribution in [2.75, 3.05) is 5.32 Å². The van der Waals surface area contributed by atoms with E-state index in [1.54, 1.807) is 12.1 Å². The van der Waals surface area contributed by atoms with Gasteiger partial charge in [-0.05, 0) is 42.8 Å². The quantitative estimate of drug-likeness (QED) is 0.422. The average molecular weight is 478 g/mol. The lowest BCUT2D eigenvalue weighted by Crippen LogP contribution is -2.15. The number of carbonyl (C=O) groups excluding carboxylic acids is 1.